The van der Waals surface area contributed by atoms with Crippen LogP contribution in [-0.2, 0) is 4.79 Å². The van der Waals surface area contributed by atoms with Crippen LogP contribution < -0.4 is 4.74 Å². The third-order valence-electron chi connectivity index (χ3n) is 4.99. The standard InChI is InChI=1S/C25H22N2O3S/c1-17(19-9-5-3-6-10-19)27-24(29)23(16-18-13-14-21(28)22(15-18)30-2)31-25(27)26-20-11-7-4-8-12-20/h3-17,28H,1-2H3/b23-16+,26-25?/t17-/m0/s1. The number of ether oxygens (including phenoxy) is 1. The number of para-hydroxylation sites is 1. The van der Waals surface area contributed by atoms with Crippen LogP contribution in [0.1, 0.15) is 24.1 Å². The van der Waals surface area contributed by atoms with Crippen molar-refractivity contribution in [3.8, 4) is 11.5 Å². The molecule has 3 aromatic rings. The molecule has 0 radical (unpaired) electrons. The molecule has 6 heteroatoms. The Balaban J connectivity index is 1.74. The van der Waals surface area contributed by atoms with Gasteiger partial charge in [-0.15, -0.1) is 0 Å². The summed E-state index contributed by atoms with van der Waals surface area (Å²) in [5.41, 5.74) is 2.58. The van der Waals surface area contributed by atoms with Gasteiger partial charge in [-0.3, -0.25) is 9.69 Å². The molecule has 0 spiro atoms. The van der Waals surface area contributed by atoms with Crippen LogP contribution in [0.5, 0.6) is 11.5 Å². The molecule has 1 amide bonds. The maximum absolute atomic E-state index is 13.4. The van der Waals surface area contributed by atoms with Crippen molar-refractivity contribution in [3.63, 3.8) is 0 Å². The molecule has 0 saturated carbocycles. The van der Waals surface area contributed by atoms with Crippen molar-refractivity contribution in [2.24, 2.45) is 4.99 Å². The number of amides is 1. The molecule has 1 atom stereocenters. The monoisotopic (exact) mass is 430 g/mol. The van der Waals surface area contributed by atoms with Gasteiger partial charge in [0.25, 0.3) is 5.91 Å². The number of thioether (sulfide) groups is 1. The van der Waals surface area contributed by atoms with Crippen molar-refractivity contribution >= 4 is 34.6 Å². The number of amidine groups is 1. The van der Waals surface area contributed by atoms with E-state index in [1.165, 1.54) is 18.9 Å². The summed E-state index contributed by atoms with van der Waals surface area (Å²) in [4.78, 5) is 20.5. The molecule has 0 aliphatic carbocycles. The highest BCUT2D eigenvalue weighted by Crippen LogP contribution is 2.39. The van der Waals surface area contributed by atoms with Gasteiger partial charge in [-0.05, 0) is 60.2 Å². The number of hydrogen-bond acceptors (Lipinski definition) is 5. The molecule has 156 valence electrons. The van der Waals surface area contributed by atoms with E-state index in [2.05, 4.69) is 0 Å². The van der Waals surface area contributed by atoms with Gasteiger partial charge in [0.1, 0.15) is 0 Å². The van der Waals surface area contributed by atoms with E-state index < -0.39 is 0 Å². The second-order valence-corrected chi connectivity index (χ2v) is 8.04. The largest absolute Gasteiger partial charge is 0.504 e. The van der Waals surface area contributed by atoms with Crippen LogP contribution in [0, 0.1) is 0 Å². The van der Waals surface area contributed by atoms with E-state index in [-0.39, 0.29) is 17.7 Å². The Hall–Kier alpha value is -3.51. The number of aliphatic imine (C=N–C) groups is 1. The minimum atomic E-state index is -0.177. The molecular weight excluding hydrogens is 408 g/mol. The molecule has 1 saturated heterocycles. The molecule has 3 aromatic carbocycles. The van der Waals surface area contributed by atoms with E-state index in [0.717, 1.165) is 16.8 Å². The fraction of sp³-hybridized carbons (Fsp3) is 0.120. The summed E-state index contributed by atoms with van der Waals surface area (Å²) in [5, 5.41) is 10.5. The number of phenols is 1. The van der Waals surface area contributed by atoms with Crippen LogP contribution in [0.4, 0.5) is 5.69 Å². The molecule has 4 rings (SSSR count). The van der Waals surface area contributed by atoms with Gasteiger partial charge >= 0.3 is 0 Å². The first-order valence-corrected chi connectivity index (χ1v) is 10.7. The Morgan fingerprint density at radius 3 is 2.39 bits per heavy atom. The van der Waals surface area contributed by atoms with E-state index in [1.54, 1.807) is 29.2 Å². The number of phenolic OH excluding ortho intramolecular Hbond substituents is 1. The highest BCUT2D eigenvalue weighted by Gasteiger charge is 2.37. The average molecular weight is 431 g/mol. The number of carbonyl (C=O) groups is 1. The zero-order valence-electron chi connectivity index (χ0n) is 17.2. The number of nitrogens with zero attached hydrogens (tertiary/aromatic N) is 2. The molecular formula is C25H22N2O3S. The van der Waals surface area contributed by atoms with Gasteiger partial charge in [0.2, 0.25) is 0 Å². The van der Waals surface area contributed by atoms with Crippen molar-refractivity contribution in [1.82, 2.24) is 4.90 Å². The van der Waals surface area contributed by atoms with E-state index >= 15 is 0 Å². The van der Waals surface area contributed by atoms with Gasteiger partial charge in [-0.2, -0.15) is 0 Å². The fourth-order valence-corrected chi connectivity index (χ4v) is 4.40. The average Bonchev–Trinajstić information content (AvgIpc) is 3.10. The smallest absolute Gasteiger partial charge is 0.267 e. The Bertz CT molecular complexity index is 1140. The molecule has 1 aliphatic rings. The maximum atomic E-state index is 13.4. The lowest BCUT2D eigenvalue weighted by atomic mass is 10.1. The van der Waals surface area contributed by atoms with Gasteiger partial charge in [-0.1, -0.05) is 54.6 Å². The van der Waals surface area contributed by atoms with Gasteiger partial charge in [-0.25, -0.2) is 4.99 Å². The lowest BCUT2D eigenvalue weighted by molar-refractivity contribution is -0.123. The molecule has 0 aromatic heterocycles. The van der Waals surface area contributed by atoms with Crippen LogP contribution in [0.25, 0.3) is 6.08 Å². The minimum absolute atomic E-state index is 0.0562. The fourth-order valence-electron chi connectivity index (χ4n) is 3.34. The van der Waals surface area contributed by atoms with E-state index in [0.29, 0.717) is 15.8 Å². The molecule has 5 nitrogen and oxygen atoms in total. The first kappa shape index (κ1) is 20.8. The van der Waals surface area contributed by atoms with E-state index in [4.69, 9.17) is 9.73 Å². The molecule has 31 heavy (non-hydrogen) atoms. The second kappa shape index (κ2) is 9.10. The molecule has 1 aliphatic heterocycles. The number of carbonyl (C=O) groups excluding carboxylic acids is 1. The first-order valence-electron chi connectivity index (χ1n) is 9.85. The summed E-state index contributed by atoms with van der Waals surface area (Å²) in [5.74, 6) is 0.307. The van der Waals surface area contributed by atoms with E-state index in [1.807, 2.05) is 67.6 Å². The Morgan fingerprint density at radius 2 is 1.71 bits per heavy atom. The Labute approximate surface area is 185 Å². The van der Waals surface area contributed by atoms with Crippen molar-refractivity contribution in [3.05, 3.63) is 94.9 Å². The summed E-state index contributed by atoms with van der Waals surface area (Å²) in [6.45, 7) is 2.00. The Morgan fingerprint density at radius 1 is 1.03 bits per heavy atom. The normalized spacial score (nSPS) is 17.4. The quantitative estimate of drug-likeness (QED) is 0.522. The van der Waals surface area contributed by atoms with Crippen LogP contribution in [-0.4, -0.2) is 28.2 Å². The third-order valence-corrected chi connectivity index (χ3v) is 5.97. The molecule has 0 unspecified atom stereocenters. The van der Waals surface area contributed by atoms with Crippen molar-refractivity contribution in [2.75, 3.05) is 7.11 Å². The predicted molar refractivity (Wildman–Crippen MR) is 125 cm³/mol. The summed E-state index contributed by atoms with van der Waals surface area (Å²) < 4.78 is 5.19. The van der Waals surface area contributed by atoms with E-state index in [9.17, 15) is 9.90 Å². The lowest BCUT2D eigenvalue weighted by Crippen LogP contribution is -2.32. The van der Waals surface area contributed by atoms with Crippen molar-refractivity contribution in [1.29, 1.82) is 0 Å². The van der Waals surface area contributed by atoms with Crippen LogP contribution in [0.15, 0.2) is 88.8 Å². The predicted octanol–water partition coefficient (Wildman–Crippen LogP) is 5.77. The molecule has 1 N–H and O–H groups in total. The number of hydrogen-bond donors (Lipinski definition) is 1. The van der Waals surface area contributed by atoms with Gasteiger partial charge in [0.15, 0.2) is 16.7 Å². The summed E-state index contributed by atoms with van der Waals surface area (Å²) >= 11 is 1.34. The zero-order chi connectivity index (χ0) is 21.8. The second-order valence-electron chi connectivity index (χ2n) is 7.03. The lowest BCUT2D eigenvalue weighted by Gasteiger charge is -2.24. The van der Waals surface area contributed by atoms with Crippen LogP contribution in [0.2, 0.25) is 0 Å². The molecule has 1 fully saturated rings. The summed E-state index contributed by atoms with van der Waals surface area (Å²) in [6, 6.07) is 24.3. The van der Waals surface area contributed by atoms with Crippen LogP contribution >= 0.6 is 11.8 Å². The molecule has 1 heterocycles. The first-order chi connectivity index (χ1) is 15.1. The van der Waals surface area contributed by atoms with Gasteiger partial charge in [0, 0.05) is 0 Å². The minimum Gasteiger partial charge on any atom is -0.504 e. The maximum Gasteiger partial charge on any atom is 0.267 e. The van der Waals surface area contributed by atoms with Gasteiger partial charge < -0.3 is 9.84 Å². The number of methoxy groups -OCH3 is 1. The Kier molecular flexibility index (Phi) is 6.09. The van der Waals surface area contributed by atoms with Crippen LogP contribution in [0.3, 0.4) is 0 Å². The van der Waals surface area contributed by atoms with Crippen molar-refractivity contribution in [2.45, 2.75) is 13.0 Å². The number of aromatic hydroxyl groups is 1. The topological polar surface area (TPSA) is 62.1 Å². The molecule has 0 bridgehead atoms. The van der Waals surface area contributed by atoms with Gasteiger partial charge in [0.05, 0.1) is 23.7 Å². The highest BCUT2D eigenvalue weighted by molar-refractivity contribution is 8.18. The number of rotatable bonds is 5. The number of benzene rings is 3. The summed E-state index contributed by atoms with van der Waals surface area (Å²) in [7, 11) is 1.50. The highest BCUT2D eigenvalue weighted by atomic mass is 32.2. The summed E-state index contributed by atoms with van der Waals surface area (Å²) in [6.07, 6.45) is 1.80. The third kappa shape index (κ3) is 4.49. The SMILES string of the molecule is COc1cc(/C=C2/SC(=Nc3ccccc3)N([C@@H](C)c3ccccc3)C2=O)ccc1O. The van der Waals surface area contributed by atoms with Crippen molar-refractivity contribution < 1.29 is 14.6 Å². The zero-order valence-corrected chi connectivity index (χ0v) is 18.0.